The number of hydrogen-bond donors (Lipinski definition) is 3. The highest BCUT2D eigenvalue weighted by molar-refractivity contribution is 5.94. The van der Waals surface area contributed by atoms with Gasteiger partial charge in [0.15, 0.2) is 0 Å². The zero-order chi connectivity index (χ0) is 13.2. The lowest BCUT2D eigenvalue weighted by Crippen LogP contribution is -2.30. The lowest BCUT2D eigenvalue weighted by Gasteiger charge is -2.22. The Morgan fingerprint density at radius 2 is 2.45 bits per heavy atom. The average Bonchev–Trinajstić information content (AvgIpc) is 3.08. The van der Waals surface area contributed by atoms with Gasteiger partial charge in [0.2, 0.25) is 0 Å². The summed E-state index contributed by atoms with van der Waals surface area (Å²) in [5.41, 5.74) is 8.17. The van der Waals surface area contributed by atoms with Crippen molar-refractivity contribution in [1.82, 2.24) is 15.5 Å². The molecular formula is C13H17ClN4O2. The lowest BCUT2D eigenvalue weighted by molar-refractivity contribution is 0.0931. The monoisotopic (exact) mass is 296 g/mol. The molecule has 0 spiro atoms. The van der Waals surface area contributed by atoms with Gasteiger partial charge in [-0.1, -0.05) is 0 Å². The number of aryl methyl sites for hydroxylation is 1. The first-order valence-corrected chi connectivity index (χ1v) is 6.38. The summed E-state index contributed by atoms with van der Waals surface area (Å²) in [6.45, 7) is 0.293. The highest BCUT2D eigenvalue weighted by atomic mass is 35.5. The average molecular weight is 297 g/mol. The van der Waals surface area contributed by atoms with Crippen LogP contribution < -0.4 is 11.1 Å². The summed E-state index contributed by atoms with van der Waals surface area (Å²) in [6.07, 6.45) is 6.26. The fourth-order valence-electron chi connectivity index (χ4n) is 2.46. The van der Waals surface area contributed by atoms with Crippen molar-refractivity contribution in [2.45, 2.75) is 31.8 Å². The summed E-state index contributed by atoms with van der Waals surface area (Å²) >= 11 is 0. The second-order valence-electron chi connectivity index (χ2n) is 4.73. The summed E-state index contributed by atoms with van der Waals surface area (Å²) in [4.78, 5) is 12.1. The molecule has 0 radical (unpaired) electrons. The van der Waals surface area contributed by atoms with Crippen molar-refractivity contribution in [3.05, 3.63) is 41.1 Å². The smallest absolute Gasteiger partial charge is 0.255 e. The van der Waals surface area contributed by atoms with Gasteiger partial charge in [0.1, 0.15) is 12.0 Å². The van der Waals surface area contributed by atoms with Crippen molar-refractivity contribution in [2.24, 2.45) is 5.73 Å². The Balaban J connectivity index is 0.00000147. The predicted molar refractivity (Wildman–Crippen MR) is 75.6 cm³/mol. The fourth-order valence-corrected chi connectivity index (χ4v) is 2.46. The van der Waals surface area contributed by atoms with E-state index in [1.54, 1.807) is 6.07 Å². The molecule has 2 heterocycles. The van der Waals surface area contributed by atoms with Gasteiger partial charge >= 0.3 is 0 Å². The van der Waals surface area contributed by atoms with Gasteiger partial charge < -0.3 is 15.5 Å². The molecule has 6 nitrogen and oxygen atoms in total. The van der Waals surface area contributed by atoms with E-state index in [4.69, 9.17) is 10.2 Å². The largest absolute Gasteiger partial charge is 0.467 e. The maximum absolute atomic E-state index is 12.1. The summed E-state index contributed by atoms with van der Waals surface area (Å²) in [5, 5.41) is 10.0. The Hall–Kier alpha value is -1.79. The topological polar surface area (TPSA) is 96.9 Å². The summed E-state index contributed by atoms with van der Waals surface area (Å²) in [7, 11) is 0. The third-order valence-corrected chi connectivity index (χ3v) is 3.46. The number of rotatable bonds is 3. The van der Waals surface area contributed by atoms with Crippen LogP contribution in [0, 0.1) is 0 Å². The molecule has 0 aromatic carbocycles. The van der Waals surface area contributed by atoms with Crippen LogP contribution in [0.25, 0.3) is 0 Å². The summed E-state index contributed by atoms with van der Waals surface area (Å²) < 4.78 is 5.17. The number of hydrogen-bond acceptors (Lipinski definition) is 4. The number of amides is 1. The molecule has 7 heteroatoms. The molecule has 2 aromatic rings. The minimum Gasteiger partial charge on any atom is -0.467 e. The first-order chi connectivity index (χ1) is 9.28. The van der Waals surface area contributed by atoms with Crippen molar-refractivity contribution in [2.75, 3.05) is 0 Å². The second-order valence-corrected chi connectivity index (χ2v) is 4.73. The quantitative estimate of drug-likeness (QED) is 0.803. The van der Waals surface area contributed by atoms with Crippen molar-refractivity contribution in [1.29, 1.82) is 0 Å². The Morgan fingerprint density at radius 3 is 3.20 bits per heavy atom. The van der Waals surface area contributed by atoms with Gasteiger partial charge in [0.25, 0.3) is 5.91 Å². The number of nitrogens with zero attached hydrogens (tertiary/aromatic N) is 1. The van der Waals surface area contributed by atoms with Crippen LogP contribution in [0.15, 0.2) is 22.9 Å². The molecule has 0 saturated carbocycles. The van der Waals surface area contributed by atoms with E-state index in [0.29, 0.717) is 17.9 Å². The zero-order valence-corrected chi connectivity index (χ0v) is 11.7. The van der Waals surface area contributed by atoms with Gasteiger partial charge in [-0.3, -0.25) is 9.89 Å². The molecule has 3 rings (SSSR count). The standard InChI is InChI=1S/C13H16N4O2.ClH/c14-5-10-4-9(7-19-10)13(18)16-11-3-1-2-8-6-15-17-12(8)11;/h4,6-7,11H,1-3,5,14H2,(H,15,17)(H,16,18);1H. The van der Waals surface area contributed by atoms with Crippen LogP contribution in [-0.2, 0) is 13.0 Å². The van der Waals surface area contributed by atoms with Gasteiger partial charge in [0, 0.05) is 0 Å². The van der Waals surface area contributed by atoms with E-state index in [9.17, 15) is 4.79 Å². The highest BCUT2D eigenvalue weighted by Crippen LogP contribution is 2.27. The number of aromatic nitrogens is 2. The van der Waals surface area contributed by atoms with E-state index in [0.717, 1.165) is 25.0 Å². The number of nitrogens with one attached hydrogen (secondary N) is 2. The lowest BCUT2D eigenvalue weighted by atomic mass is 9.93. The molecular weight excluding hydrogens is 280 g/mol. The van der Waals surface area contributed by atoms with E-state index < -0.39 is 0 Å². The van der Waals surface area contributed by atoms with E-state index in [1.165, 1.54) is 11.8 Å². The second kappa shape index (κ2) is 6.11. The molecule has 0 saturated heterocycles. The van der Waals surface area contributed by atoms with Crippen molar-refractivity contribution in [3.63, 3.8) is 0 Å². The first-order valence-electron chi connectivity index (χ1n) is 6.38. The van der Waals surface area contributed by atoms with Crippen molar-refractivity contribution >= 4 is 18.3 Å². The number of halogens is 1. The van der Waals surface area contributed by atoms with Gasteiger partial charge in [-0.05, 0) is 30.9 Å². The minimum absolute atomic E-state index is 0. The SMILES string of the molecule is Cl.NCc1cc(C(=O)NC2CCCc3cn[nH]c32)co1. The van der Waals surface area contributed by atoms with Gasteiger partial charge in [0.05, 0.1) is 30.0 Å². The Morgan fingerprint density at radius 1 is 1.60 bits per heavy atom. The number of carbonyl (C=O) groups excluding carboxylic acids is 1. The molecule has 1 unspecified atom stereocenters. The van der Waals surface area contributed by atoms with Crippen LogP contribution >= 0.6 is 12.4 Å². The Labute approximate surface area is 122 Å². The van der Waals surface area contributed by atoms with Crippen molar-refractivity contribution in [3.8, 4) is 0 Å². The van der Waals surface area contributed by atoms with E-state index in [2.05, 4.69) is 15.5 Å². The Kier molecular flexibility index (Phi) is 4.46. The molecule has 0 bridgehead atoms. The molecule has 0 aliphatic heterocycles. The van der Waals surface area contributed by atoms with Gasteiger partial charge in [-0.2, -0.15) is 5.10 Å². The molecule has 20 heavy (non-hydrogen) atoms. The van der Waals surface area contributed by atoms with Crippen molar-refractivity contribution < 1.29 is 9.21 Å². The molecule has 4 N–H and O–H groups in total. The van der Waals surface area contributed by atoms with Crippen LogP contribution in [0.4, 0.5) is 0 Å². The van der Waals surface area contributed by atoms with Crippen LogP contribution in [-0.4, -0.2) is 16.1 Å². The highest BCUT2D eigenvalue weighted by Gasteiger charge is 2.24. The summed E-state index contributed by atoms with van der Waals surface area (Å²) in [6, 6.07) is 1.67. The maximum Gasteiger partial charge on any atom is 0.255 e. The van der Waals surface area contributed by atoms with Gasteiger partial charge in [-0.25, -0.2) is 0 Å². The molecule has 1 amide bonds. The van der Waals surface area contributed by atoms with Crippen LogP contribution in [0.2, 0.25) is 0 Å². The van der Waals surface area contributed by atoms with Crippen LogP contribution in [0.1, 0.15) is 46.3 Å². The number of carbonyl (C=O) groups is 1. The number of nitrogens with two attached hydrogens (primary N) is 1. The predicted octanol–water partition coefficient (Wildman–Crippen LogP) is 1.69. The molecule has 0 fully saturated rings. The number of aromatic amines is 1. The van der Waals surface area contributed by atoms with E-state index in [-0.39, 0.29) is 24.4 Å². The van der Waals surface area contributed by atoms with Crippen LogP contribution in [0.3, 0.4) is 0 Å². The third kappa shape index (κ3) is 2.71. The maximum atomic E-state index is 12.1. The van der Waals surface area contributed by atoms with Gasteiger partial charge in [-0.15, -0.1) is 12.4 Å². The number of H-pyrrole nitrogens is 1. The van der Waals surface area contributed by atoms with Crippen LogP contribution in [0.5, 0.6) is 0 Å². The summed E-state index contributed by atoms with van der Waals surface area (Å²) in [5.74, 6) is 0.465. The molecule has 1 aliphatic carbocycles. The van der Waals surface area contributed by atoms with E-state index >= 15 is 0 Å². The normalized spacial score (nSPS) is 17.1. The molecule has 2 aromatic heterocycles. The number of furan rings is 1. The van der Waals surface area contributed by atoms with E-state index in [1.807, 2.05) is 6.20 Å². The fraction of sp³-hybridized carbons (Fsp3) is 0.385. The minimum atomic E-state index is -0.143. The third-order valence-electron chi connectivity index (χ3n) is 3.46. The zero-order valence-electron chi connectivity index (χ0n) is 10.9. The number of fused-ring (bicyclic) bond motifs is 1. The molecule has 1 atom stereocenters. The Bertz CT molecular complexity index is 593. The molecule has 1 aliphatic rings. The molecule has 108 valence electrons. The first kappa shape index (κ1) is 14.6.